The number of amides is 1. The Hall–Kier alpha value is -2.07. The number of hydrogen-bond acceptors (Lipinski definition) is 3. The SMILES string of the molecule is Cc1ccc(CNC(CN2CCCC2=O)c2ccccc2)o1. The first-order valence-electron chi connectivity index (χ1n) is 7.84. The van der Waals surface area contributed by atoms with Crippen LogP contribution in [0.4, 0.5) is 0 Å². The lowest BCUT2D eigenvalue weighted by molar-refractivity contribution is -0.128. The van der Waals surface area contributed by atoms with Gasteiger partial charge in [-0.1, -0.05) is 30.3 Å². The largest absolute Gasteiger partial charge is 0.465 e. The first kappa shape index (κ1) is 14.9. The summed E-state index contributed by atoms with van der Waals surface area (Å²) in [6, 6.07) is 14.4. The minimum Gasteiger partial charge on any atom is -0.465 e. The van der Waals surface area contributed by atoms with Crippen molar-refractivity contribution in [1.29, 1.82) is 0 Å². The summed E-state index contributed by atoms with van der Waals surface area (Å²) in [4.78, 5) is 13.9. The van der Waals surface area contributed by atoms with Crippen molar-refractivity contribution in [3.63, 3.8) is 0 Å². The first-order chi connectivity index (χ1) is 10.7. The molecule has 1 aromatic heterocycles. The zero-order chi connectivity index (χ0) is 15.4. The summed E-state index contributed by atoms with van der Waals surface area (Å²) in [5.74, 6) is 2.10. The molecule has 1 aliphatic heterocycles. The van der Waals surface area contributed by atoms with Gasteiger partial charge >= 0.3 is 0 Å². The molecule has 4 nitrogen and oxygen atoms in total. The van der Waals surface area contributed by atoms with Crippen molar-refractivity contribution in [2.75, 3.05) is 13.1 Å². The standard InChI is InChI=1S/C18H22N2O2/c1-14-9-10-16(22-14)12-19-17(15-6-3-2-4-7-15)13-20-11-5-8-18(20)21/h2-4,6-7,9-10,17,19H,5,8,11-13H2,1H3. The monoisotopic (exact) mass is 298 g/mol. The highest BCUT2D eigenvalue weighted by atomic mass is 16.3. The van der Waals surface area contributed by atoms with Crippen molar-refractivity contribution >= 4 is 5.91 Å². The highest BCUT2D eigenvalue weighted by Crippen LogP contribution is 2.19. The predicted octanol–water partition coefficient (Wildman–Crippen LogP) is 3.04. The Labute approximate surface area is 131 Å². The number of carbonyl (C=O) groups is 1. The van der Waals surface area contributed by atoms with E-state index in [0.29, 0.717) is 19.5 Å². The molecule has 1 aromatic carbocycles. The van der Waals surface area contributed by atoms with Crippen LogP contribution in [0.15, 0.2) is 46.9 Å². The normalized spacial score (nSPS) is 16.2. The molecule has 0 saturated carbocycles. The van der Waals surface area contributed by atoms with Crippen molar-refractivity contribution in [1.82, 2.24) is 10.2 Å². The average molecular weight is 298 g/mol. The summed E-state index contributed by atoms with van der Waals surface area (Å²) in [7, 11) is 0. The van der Waals surface area contributed by atoms with E-state index >= 15 is 0 Å². The average Bonchev–Trinajstić information content (AvgIpc) is 3.13. The summed E-state index contributed by atoms with van der Waals surface area (Å²) in [6.45, 7) is 4.18. The third-order valence-electron chi connectivity index (χ3n) is 4.09. The van der Waals surface area contributed by atoms with Crippen molar-refractivity contribution < 1.29 is 9.21 Å². The van der Waals surface area contributed by atoms with Gasteiger partial charge in [0.25, 0.3) is 0 Å². The Kier molecular flexibility index (Phi) is 4.59. The van der Waals surface area contributed by atoms with Crippen LogP contribution in [0.2, 0.25) is 0 Å². The number of carbonyl (C=O) groups excluding carboxylic acids is 1. The molecule has 1 fully saturated rings. The van der Waals surface area contributed by atoms with Crippen molar-refractivity contribution in [3.05, 3.63) is 59.5 Å². The van der Waals surface area contributed by atoms with Gasteiger partial charge in [-0.3, -0.25) is 4.79 Å². The molecule has 1 atom stereocenters. The zero-order valence-electron chi connectivity index (χ0n) is 12.9. The highest BCUT2D eigenvalue weighted by molar-refractivity contribution is 5.78. The van der Waals surface area contributed by atoms with Gasteiger partial charge in [0.15, 0.2) is 0 Å². The number of nitrogens with one attached hydrogen (secondary N) is 1. The van der Waals surface area contributed by atoms with E-state index in [1.807, 2.05) is 42.2 Å². The number of furan rings is 1. The van der Waals surface area contributed by atoms with Crippen LogP contribution < -0.4 is 5.32 Å². The first-order valence-corrected chi connectivity index (χ1v) is 7.84. The number of hydrogen-bond donors (Lipinski definition) is 1. The number of nitrogens with zero attached hydrogens (tertiary/aromatic N) is 1. The summed E-state index contributed by atoms with van der Waals surface area (Å²) >= 11 is 0. The Morgan fingerprint density at radius 3 is 2.68 bits per heavy atom. The second-order valence-corrected chi connectivity index (χ2v) is 5.80. The van der Waals surface area contributed by atoms with Crippen LogP contribution >= 0.6 is 0 Å². The van der Waals surface area contributed by atoms with E-state index < -0.39 is 0 Å². The van der Waals surface area contributed by atoms with Gasteiger partial charge in [-0.2, -0.15) is 0 Å². The van der Waals surface area contributed by atoms with E-state index in [9.17, 15) is 4.79 Å². The molecule has 1 aliphatic rings. The maximum Gasteiger partial charge on any atom is 0.222 e. The molecule has 1 amide bonds. The van der Waals surface area contributed by atoms with E-state index in [0.717, 1.165) is 24.5 Å². The van der Waals surface area contributed by atoms with Crippen molar-refractivity contribution in [2.24, 2.45) is 0 Å². The number of rotatable bonds is 6. The fourth-order valence-corrected chi connectivity index (χ4v) is 2.89. The smallest absolute Gasteiger partial charge is 0.222 e. The Balaban J connectivity index is 1.69. The molecule has 0 radical (unpaired) electrons. The maximum atomic E-state index is 11.9. The van der Waals surface area contributed by atoms with Crippen LogP contribution in [0.5, 0.6) is 0 Å². The summed E-state index contributed by atoms with van der Waals surface area (Å²) in [5.41, 5.74) is 1.20. The van der Waals surface area contributed by atoms with E-state index in [4.69, 9.17) is 4.42 Å². The van der Waals surface area contributed by atoms with Gasteiger partial charge in [0.1, 0.15) is 11.5 Å². The molecule has 0 spiro atoms. The van der Waals surface area contributed by atoms with Crippen LogP contribution in [0.25, 0.3) is 0 Å². The molecular weight excluding hydrogens is 276 g/mol. The molecular formula is C18H22N2O2. The second-order valence-electron chi connectivity index (χ2n) is 5.80. The summed E-state index contributed by atoms with van der Waals surface area (Å²) in [5, 5.41) is 3.53. The number of aryl methyl sites for hydroxylation is 1. The zero-order valence-corrected chi connectivity index (χ0v) is 12.9. The molecule has 2 heterocycles. The molecule has 2 aromatic rings. The van der Waals surface area contributed by atoms with Gasteiger partial charge in [0.05, 0.1) is 12.6 Å². The topological polar surface area (TPSA) is 45.5 Å². The lowest BCUT2D eigenvalue weighted by Crippen LogP contribution is -2.35. The van der Waals surface area contributed by atoms with Crippen LogP contribution in [0, 0.1) is 6.92 Å². The molecule has 1 unspecified atom stereocenters. The lowest BCUT2D eigenvalue weighted by atomic mass is 10.1. The maximum absolute atomic E-state index is 11.9. The quantitative estimate of drug-likeness (QED) is 0.891. The van der Waals surface area contributed by atoms with Crippen molar-refractivity contribution in [2.45, 2.75) is 32.4 Å². The van der Waals surface area contributed by atoms with E-state index in [2.05, 4.69) is 17.4 Å². The van der Waals surface area contributed by atoms with Gasteiger partial charge in [-0.25, -0.2) is 0 Å². The van der Waals surface area contributed by atoms with Crippen molar-refractivity contribution in [3.8, 4) is 0 Å². The summed E-state index contributed by atoms with van der Waals surface area (Å²) in [6.07, 6.45) is 1.65. The summed E-state index contributed by atoms with van der Waals surface area (Å²) < 4.78 is 5.62. The molecule has 4 heteroatoms. The minimum absolute atomic E-state index is 0.119. The van der Waals surface area contributed by atoms with E-state index in [1.165, 1.54) is 5.56 Å². The van der Waals surface area contributed by atoms with Gasteiger partial charge in [0, 0.05) is 19.5 Å². The Morgan fingerprint density at radius 2 is 2.05 bits per heavy atom. The minimum atomic E-state index is 0.119. The molecule has 0 aliphatic carbocycles. The van der Waals surface area contributed by atoms with Crippen LogP contribution in [-0.4, -0.2) is 23.9 Å². The van der Waals surface area contributed by atoms with E-state index in [1.54, 1.807) is 0 Å². The highest BCUT2D eigenvalue weighted by Gasteiger charge is 2.24. The van der Waals surface area contributed by atoms with Gasteiger partial charge < -0.3 is 14.6 Å². The van der Waals surface area contributed by atoms with Gasteiger partial charge in [-0.05, 0) is 31.0 Å². The lowest BCUT2D eigenvalue weighted by Gasteiger charge is -2.25. The van der Waals surface area contributed by atoms with Gasteiger partial charge in [-0.15, -0.1) is 0 Å². The van der Waals surface area contributed by atoms with Crippen LogP contribution in [-0.2, 0) is 11.3 Å². The fourth-order valence-electron chi connectivity index (χ4n) is 2.89. The fraction of sp³-hybridized carbons (Fsp3) is 0.389. The third-order valence-corrected chi connectivity index (χ3v) is 4.09. The van der Waals surface area contributed by atoms with Crippen LogP contribution in [0.1, 0.15) is 36.0 Å². The second kappa shape index (κ2) is 6.79. The molecule has 1 N–H and O–H groups in total. The molecule has 22 heavy (non-hydrogen) atoms. The molecule has 116 valence electrons. The Bertz CT molecular complexity index is 621. The third kappa shape index (κ3) is 3.57. The number of benzene rings is 1. The predicted molar refractivity (Wildman–Crippen MR) is 85.3 cm³/mol. The molecule has 0 bridgehead atoms. The molecule has 1 saturated heterocycles. The van der Waals surface area contributed by atoms with Gasteiger partial charge in [0.2, 0.25) is 5.91 Å². The Morgan fingerprint density at radius 1 is 1.23 bits per heavy atom. The molecule has 3 rings (SSSR count). The van der Waals surface area contributed by atoms with Crippen LogP contribution in [0.3, 0.4) is 0 Å². The van der Waals surface area contributed by atoms with E-state index in [-0.39, 0.29) is 11.9 Å². The number of likely N-dealkylation sites (tertiary alicyclic amines) is 1.